The predicted octanol–water partition coefficient (Wildman–Crippen LogP) is 2.01. The smallest absolute Gasteiger partial charge is 0.108 e. The molecular formula is C8H17O2. The highest BCUT2D eigenvalue weighted by Crippen LogP contribution is 2.03. The Bertz CT molecular complexity index is 64.3. The van der Waals surface area contributed by atoms with Gasteiger partial charge in [-0.3, -0.25) is 0 Å². The monoisotopic (exact) mass is 145 g/mol. The Balaban J connectivity index is 3.21. The van der Waals surface area contributed by atoms with E-state index in [0.717, 1.165) is 19.3 Å². The average molecular weight is 145 g/mol. The highest BCUT2D eigenvalue weighted by molar-refractivity contribution is 4.54. The summed E-state index contributed by atoms with van der Waals surface area (Å²) in [6.45, 7) is 4.62. The van der Waals surface area contributed by atoms with Gasteiger partial charge >= 0.3 is 0 Å². The zero-order valence-electron chi connectivity index (χ0n) is 6.93. The summed E-state index contributed by atoms with van der Waals surface area (Å²) in [6.07, 6.45) is 3.13. The first-order chi connectivity index (χ1) is 4.85. The molecule has 61 valence electrons. The van der Waals surface area contributed by atoms with Crippen molar-refractivity contribution in [2.75, 3.05) is 13.2 Å². The van der Waals surface area contributed by atoms with Crippen LogP contribution in [0.4, 0.5) is 0 Å². The first-order valence-corrected chi connectivity index (χ1v) is 4.04. The van der Waals surface area contributed by atoms with Gasteiger partial charge in [0, 0.05) is 6.61 Å². The van der Waals surface area contributed by atoms with Crippen LogP contribution in [0.2, 0.25) is 0 Å². The normalized spacial score (nSPS) is 13.5. The minimum absolute atomic E-state index is 0.0371. The van der Waals surface area contributed by atoms with E-state index in [1.807, 2.05) is 6.92 Å². The van der Waals surface area contributed by atoms with Gasteiger partial charge in [-0.2, -0.15) is 0 Å². The first-order valence-electron chi connectivity index (χ1n) is 4.04. The molecule has 1 atom stereocenters. The molecule has 1 radical (unpaired) electrons. The van der Waals surface area contributed by atoms with Gasteiger partial charge in [-0.15, -0.1) is 0 Å². The molecule has 0 spiro atoms. The van der Waals surface area contributed by atoms with Gasteiger partial charge in [0.05, 0.1) is 6.10 Å². The lowest BCUT2D eigenvalue weighted by molar-refractivity contribution is -0.00836. The van der Waals surface area contributed by atoms with E-state index in [4.69, 9.17) is 4.74 Å². The van der Waals surface area contributed by atoms with Crippen molar-refractivity contribution >= 4 is 0 Å². The van der Waals surface area contributed by atoms with Gasteiger partial charge in [0.15, 0.2) is 0 Å². The Morgan fingerprint density at radius 2 is 2.10 bits per heavy atom. The van der Waals surface area contributed by atoms with Crippen molar-refractivity contribution in [1.82, 2.24) is 0 Å². The fraction of sp³-hybridized carbons (Fsp3) is 1.00. The zero-order chi connectivity index (χ0) is 7.82. The summed E-state index contributed by atoms with van der Waals surface area (Å²) in [6, 6.07) is 0. The van der Waals surface area contributed by atoms with Crippen molar-refractivity contribution in [2.45, 2.75) is 39.2 Å². The van der Waals surface area contributed by atoms with Gasteiger partial charge in [0.1, 0.15) is 6.61 Å². The average Bonchev–Trinajstić information content (AvgIpc) is 1.98. The molecule has 0 aromatic carbocycles. The van der Waals surface area contributed by atoms with Crippen molar-refractivity contribution in [3.8, 4) is 0 Å². The van der Waals surface area contributed by atoms with Gasteiger partial charge < -0.3 is 4.74 Å². The molecule has 10 heavy (non-hydrogen) atoms. The highest BCUT2D eigenvalue weighted by Gasteiger charge is 2.05. The number of hydrogen-bond acceptors (Lipinski definition) is 1. The Hall–Kier alpha value is -0.0800. The Morgan fingerprint density at radius 1 is 1.40 bits per heavy atom. The fourth-order valence-corrected chi connectivity index (χ4v) is 0.882. The van der Waals surface area contributed by atoms with Crippen LogP contribution < -0.4 is 0 Å². The van der Waals surface area contributed by atoms with Crippen LogP contribution in [0.5, 0.6) is 0 Å². The Morgan fingerprint density at radius 3 is 2.50 bits per heavy atom. The molecule has 0 bridgehead atoms. The molecule has 0 heterocycles. The summed E-state index contributed by atoms with van der Waals surface area (Å²) in [5, 5.41) is 10.4. The van der Waals surface area contributed by atoms with E-state index in [9.17, 15) is 5.11 Å². The molecule has 2 heteroatoms. The second kappa shape index (κ2) is 7.03. The summed E-state index contributed by atoms with van der Waals surface area (Å²) in [4.78, 5) is 0. The van der Waals surface area contributed by atoms with E-state index in [1.165, 1.54) is 0 Å². The molecule has 0 saturated heterocycles. The second-order valence-corrected chi connectivity index (χ2v) is 2.39. The predicted molar refractivity (Wildman–Crippen MR) is 40.5 cm³/mol. The lowest BCUT2D eigenvalue weighted by Crippen LogP contribution is -2.16. The van der Waals surface area contributed by atoms with Crippen molar-refractivity contribution in [1.29, 1.82) is 0 Å². The maximum atomic E-state index is 10.4. The van der Waals surface area contributed by atoms with E-state index in [0.29, 0.717) is 6.61 Å². The minimum atomic E-state index is -0.0894. The van der Waals surface area contributed by atoms with Crippen LogP contribution in [0.1, 0.15) is 33.1 Å². The fourth-order valence-electron chi connectivity index (χ4n) is 0.882. The molecule has 0 saturated carbocycles. The first kappa shape index (κ1) is 9.92. The van der Waals surface area contributed by atoms with Gasteiger partial charge in [0.2, 0.25) is 0 Å². The van der Waals surface area contributed by atoms with Crippen LogP contribution in [-0.4, -0.2) is 19.3 Å². The third kappa shape index (κ3) is 4.77. The maximum Gasteiger partial charge on any atom is 0.108 e. The molecule has 0 aliphatic heterocycles. The zero-order valence-corrected chi connectivity index (χ0v) is 6.93. The molecule has 0 fully saturated rings. The number of unbranched alkanes of at least 4 members (excludes halogenated alkanes) is 1. The van der Waals surface area contributed by atoms with Crippen molar-refractivity contribution in [2.24, 2.45) is 0 Å². The molecule has 1 unspecified atom stereocenters. The molecular weight excluding hydrogens is 128 g/mol. The molecule has 0 N–H and O–H groups in total. The maximum absolute atomic E-state index is 10.4. The quantitative estimate of drug-likeness (QED) is 0.562. The standard InChI is InChI=1S/C8H17O2/c1-3-5-6-8(7-9)10-4-2/h8H,3-7H2,1-2H3. The molecule has 0 rings (SSSR count). The van der Waals surface area contributed by atoms with E-state index in [2.05, 4.69) is 6.92 Å². The molecule has 0 aliphatic carbocycles. The third-order valence-corrected chi connectivity index (χ3v) is 1.47. The number of rotatable bonds is 6. The van der Waals surface area contributed by atoms with E-state index < -0.39 is 0 Å². The van der Waals surface area contributed by atoms with E-state index >= 15 is 0 Å². The summed E-state index contributed by atoms with van der Waals surface area (Å²) >= 11 is 0. The summed E-state index contributed by atoms with van der Waals surface area (Å²) in [7, 11) is 0. The van der Waals surface area contributed by atoms with Crippen LogP contribution in [0, 0.1) is 0 Å². The molecule has 0 aromatic heterocycles. The number of ether oxygens (including phenoxy) is 1. The lowest BCUT2D eigenvalue weighted by atomic mass is 10.2. The third-order valence-electron chi connectivity index (χ3n) is 1.47. The summed E-state index contributed by atoms with van der Waals surface area (Å²) in [5.41, 5.74) is 0. The van der Waals surface area contributed by atoms with Crippen molar-refractivity contribution in [3.63, 3.8) is 0 Å². The van der Waals surface area contributed by atoms with Crippen LogP contribution in [-0.2, 0) is 9.84 Å². The van der Waals surface area contributed by atoms with Gasteiger partial charge in [-0.25, -0.2) is 5.11 Å². The van der Waals surface area contributed by atoms with E-state index in [1.54, 1.807) is 0 Å². The Kier molecular flexibility index (Phi) is 6.98. The molecule has 0 aliphatic rings. The SMILES string of the molecule is CCCCC(C[O])OCC. The van der Waals surface area contributed by atoms with Gasteiger partial charge in [-0.05, 0) is 13.3 Å². The largest absolute Gasteiger partial charge is 0.376 e. The number of hydrogen-bond donors (Lipinski definition) is 0. The Labute approximate surface area is 63.2 Å². The highest BCUT2D eigenvalue weighted by atomic mass is 16.5. The van der Waals surface area contributed by atoms with Crippen molar-refractivity contribution in [3.05, 3.63) is 0 Å². The van der Waals surface area contributed by atoms with Crippen molar-refractivity contribution < 1.29 is 9.84 Å². The molecule has 0 amide bonds. The molecule has 2 nitrogen and oxygen atoms in total. The lowest BCUT2D eigenvalue weighted by Gasteiger charge is -2.11. The topological polar surface area (TPSA) is 29.1 Å². The van der Waals surface area contributed by atoms with Crippen LogP contribution >= 0.6 is 0 Å². The van der Waals surface area contributed by atoms with Crippen LogP contribution in [0.25, 0.3) is 0 Å². The summed E-state index contributed by atoms with van der Waals surface area (Å²) < 4.78 is 5.18. The van der Waals surface area contributed by atoms with Gasteiger partial charge in [-0.1, -0.05) is 19.8 Å². The molecule has 0 aromatic rings. The van der Waals surface area contributed by atoms with Crippen LogP contribution in [0.3, 0.4) is 0 Å². The van der Waals surface area contributed by atoms with E-state index in [-0.39, 0.29) is 12.7 Å². The second-order valence-electron chi connectivity index (χ2n) is 2.39. The summed E-state index contributed by atoms with van der Waals surface area (Å²) in [5.74, 6) is 0. The van der Waals surface area contributed by atoms with Crippen LogP contribution in [0.15, 0.2) is 0 Å². The minimum Gasteiger partial charge on any atom is -0.376 e. The van der Waals surface area contributed by atoms with Gasteiger partial charge in [0.25, 0.3) is 0 Å².